The third-order valence-corrected chi connectivity index (χ3v) is 2.22. The summed E-state index contributed by atoms with van der Waals surface area (Å²) in [5.74, 6) is -0.478. The number of anilines is 1. The van der Waals surface area contributed by atoms with E-state index in [-0.39, 0.29) is 11.7 Å². The quantitative estimate of drug-likeness (QED) is 0.723. The van der Waals surface area contributed by atoms with Crippen LogP contribution in [0.25, 0.3) is 0 Å². The number of esters is 1. The molecule has 82 valence electrons. The summed E-state index contributed by atoms with van der Waals surface area (Å²) >= 11 is 0. The molecule has 0 spiro atoms. The number of rotatable bonds is 3. The number of hydrogen-bond acceptors (Lipinski definition) is 5. The lowest BCUT2D eigenvalue weighted by Crippen LogP contribution is -2.31. The highest BCUT2D eigenvalue weighted by molar-refractivity contribution is 5.92. The molecule has 0 radical (unpaired) electrons. The van der Waals surface area contributed by atoms with Crippen LogP contribution in [0.1, 0.15) is 23.5 Å². The van der Waals surface area contributed by atoms with Crippen molar-refractivity contribution in [3.05, 3.63) is 11.9 Å². The van der Waals surface area contributed by atoms with E-state index in [0.29, 0.717) is 25.5 Å². The van der Waals surface area contributed by atoms with Crippen molar-refractivity contribution in [1.82, 2.24) is 9.78 Å². The third kappa shape index (κ3) is 1.80. The number of nitrogens with two attached hydrogens (primary N) is 1. The summed E-state index contributed by atoms with van der Waals surface area (Å²) in [6.45, 7) is 3.29. The van der Waals surface area contributed by atoms with Crippen LogP contribution >= 0.6 is 0 Å². The highest BCUT2D eigenvalue weighted by Gasteiger charge is 2.24. The molecule has 2 rings (SSSR count). The second kappa shape index (κ2) is 3.90. The normalized spacial score (nSPS) is 16.1. The molecular weight excluding hydrogens is 198 g/mol. The largest absolute Gasteiger partial charge is 0.461 e. The maximum Gasteiger partial charge on any atom is 0.361 e. The zero-order valence-electron chi connectivity index (χ0n) is 8.47. The van der Waals surface area contributed by atoms with Gasteiger partial charge < -0.3 is 15.2 Å². The van der Waals surface area contributed by atoms with E-state index in [1.807, 2.05) is 0 Å². The molecule has 6 nitrogen and oxygen atoms in total. The van der Waals surface area contributed by atoms with Gasteiger partial charge in [0.05, 0.1) is 31.5 Å². The number of nitrogens with zero attached hydrogens (tertiary/aromatic N) is 2. The van der Waals surface area contributed by atoms with Gasteiger partial charge in [0.15, 0.2) is 5.69 Å². The molecule has 2 N–H and O–H groups in total. The minimum atomic E-state index is -0.478. The predicted octanol–water partition coefficient (Wildman–Crippen LogP) is 0.213. The average Bonchev–Trinajstić information content (AvgIpc) is 2.44. The van der Waals surface area contributed by atoms with Crippen LogP contribution in [0, 0.1) is 0 Å². The van der Waals surface area contributed by atoms with E-state index in [9.17, 15) is 4.79 Å². The summed E-state index contributed by atoms with van der Waals surface area (Å²) < 4.78 is 11.5. The minimum absolute atomic E-state index is 0.184. The first-order chi connectivity index (χ1) is 7.22. The van der Waals surface area contributed by atoms with Crippen molar-refractivity contribution in [2.75, 3.05) is 25.6 Å². The first kappa shape index (κ1) is 9.97. The molecule has 0 aromatic carbocycles. The summed E-state index contributed by atoms with van der Waals surface area (Å²) in [4.78, 5) is 11.4. The number of nitrogen functional groups attached to an aromatic ring is 1. The molecule has 1 aromatic heterocycles. The molecule has 6 heteroatoms. The fraction of sp³-hybridized carbons (Fsp3) is 0.556. The molecule has 15 heavy (non-hydrogen) atoms. The minimum Gasteiger partial charge on any atom is -0.461 e. The van der Waals surface area contributed by atoms with Crippen molar-refractivity contribution in [3.8, 4) is 0 Å². The molecule has 0 aliphatic carbocycles. The van der Waals surface area contributed by atoms with E-state index in [4.69, 9.17) is 15.2 Å². The van der Waals surface area contributed by atoms with Crippen LogP contribution in [0.2, 0.25) is 0 Å². The molecule has 0 atom stereocenters. The van der Waals surface area contributed by atoms with E-state index < -0.39 is 5.97 Å². The second-order valence-corrected chi connectivity index (χ2v) is 3.32. The number of ether oxygens (including phenoxy) is 2. The lowest BCUT2D eigenvalue weighted by Gasteiger charge is -2.25. The summed E-state index contributed by atoms with van der Waals surface area (Å²) in [7, 11) is 0. The highest BCUT2D eigenvalue weighted by Crippen LogP contribution is 2.20. The van der Waals surface area contributed by atoms with Gasteiger partial charge in [-0.05, 0) is 6.92 Å². The Balaban J connectivity index is 2.17. The number of carbonyl (C=O) groups excluding carboxylic acids is 1. The highest BCUT2D eigenvalue weighted by atomic mass is 16.5. The SMILES string of the molecule is CCOC(=O)c1nn(C2COC2)cc1N. The summed E-state index contributed by atoms with van der Waals surface area (Å²) in [5.41, 5.74) is 6.20. The van der Waals surface area contributed by atoms with Crippen LogP contribution in [0.15, 0.2) is 6.20 Å². The summed E-state index contributed by atoms with van der Waals surface area (Å²) in [5, 5.41) is 4.09. The molecule has 2 heterocycles. The van der Waals surface area contributed by atoms with Crippen LogP contribution in [0.4, 0.5) is 5.69 Å². The molecule has 1 aliphatic rings. The molecule has 1 aliphatic heterocycles. The monoisotopic (exact) mass is 211 g/mol. The lowest BCUT2D eigenvalue weighted by atomic mass is 10.3. The fourth-order valence-electron chi connectivity index (χ4n) is 1.33. The van der Waals surface area contributed by atoms with Gasteiger partial charge in [-0.25, -0.2) is 4.79 Å². The second-order valence-electron chi connectivity index (χ2n) is 3.32. The van der Waals surface area contributed by atoms with Crippen molar-refractivity contribution in [2.24, 2.45) is 0 Å². The van der Waals surface area contributed by atoms with Gasteiger partial charge in [-0.2, -0.15) is 5.10 Å². The van der Waals surface area contributed by atoms with E-state index in [2.05, 4.69) is 5.10 Å². The molecule has 1 fully saturated rings. The first-order valence-corrected chi connectivity index (χ1v) is 4.82. The van der Waals surface area contributed by atoms with Crippen LogP contribution in [0.5, 0.6) is 0 Å². The van der Waals surface area contributed by atoms with Crippen LogP contribution in [-0.4, -0.2) is 35.6 Å². The zero-order valence-corrected chi connectivity index (χ0v) is 8.47. The van der Waals surface area contributed by atoms with Crippen molar-refractivity contribution < 1.29 is 14.3 Å². The van der Waals surface area contributed by atoms with E-state index in [0.717, 1.165) is 0 Å². The van der Waals surface area contributed by atoms with E-state index in [1.54, 1.807) is 17.8 Å². The predicted molar refractivity (Wildman–Crippen MR) is 52.5 cm³/mol. The molecule has 0 saturated carbocycles. The Morgan fingerprint density at radius 2 is 2.53 bits per heavy atom. The Labute approximate surface area is 87.0 Å². The standard InChI is InChI=1S/C9H13N3O3/c1-2-15-9(13)8-7(10)3-12(11-8)6-4-14-5-6/h3,6H,2,4-5,10H2,1H3. The first-order valence-electron chi connectivity index (χ1n) is 4.82. The van der Waals surface area contributed by atoms with Crippen LogP contribution in [0.3, 0.4) is 0 Å². The Morgan fingerprint density at radius 3 is 3.07 bits per heavy atom. The summed E-state index contributed by atoms with van der Waals surface area (Å²) in [6.07, 6.45) is 1.64. The summed E-state index contributed by atoms with van der Waals surface area (Å²) in [6, 6.07) is 0.190. The van der Waals surface area contributed by atoms with Crippen molar-refractivity contribution >= 4 is 11.7 Å². The van der Waals surface area contributed by atoms with Gasteiger partial charge in [0.1, 0.15) is 0 Å². The third-order valence-electron chi connectivity index (χ3n) is 2.22. The number of aromatic nitrogens is 2. The Bertz CT molecular complexity index is 371. The maximum atomic E-state index is 11.4. The fourth-order valence-corrected chi connectivity index (χ4v) is 1.33. The van der Waals surface area contributed by atoms with E-state index >= 15 is 0 Å². The Morgan fingerprint density at radius 1 is 1.80 bits per heavy atom. The van der Waals surface area contributed by atoms with Crippen molar-refractivity contribution in [2.45, 2.75) is 13.0 Å². The Kier molecular flexibility index (Phi) is 2.59. The van der Waals surface area contributed by atoms with Gasteiger partial charge in [-0.15, -0.1) is 0 Å². The zero-order chi connectivity index (χ0) is 10.8. The Hall–Kier alpha value is -1.56. The van der Waals surface area contributed by atoms with Gasteiger partial charge in [0.25, 0.3) is 0 Å². The molecule has 1 aromatic rings. The molecule has 0 bridgehead atoms. The van der Waals surface area contributed by atoms with Crippen molar-refractivity contribution in [1.29, 1.82) is 0 Å². The maximum absolute atomic E-state index is 11.4. The molecule has 0 unspecified atom stereocenters. The molecule has 0 amide bonds. The molecule has 1 saturated heterocycles. The number of carbonyl (C=O) groups is 1. The average molecular weight is 211 g/mol. The lowest BCUT2D eigenvalue weighted by molar-refractivity contribution is -0.0288. The van der Waals surface area contributed by atoms with Gasteiger partial charge in [-0.3, -0.25) is 4.68 Å². The van der Waals surface area contributed by atoms with Gasteiger partial charge in [0.2, 0.25) is 0 Å². The van der Waals surface area contributed by atoms with Gasteiger partial charge >= 0.3 is 5.97 Å². The smallest absolute Gasteiger partial charge is 0.361 e. The van der Waals surface area contributed by atoms with E-state index in [1.165, 1.54) is 0 Å². The van der Waals surface area contributed by atoms with Crippen LogP contribution < -0.4 is 5.73 Å². The van der Waals surface area contributed by atoms with Crippen molar-refractivity contribution in [3.63, 3.8) is 0 Å². The number of hydrogen-bond donors (Lipinski definition) is 1. The van der Waals surface area contributed by atoms with Gasteiger partial charge in [0, 0.05) is 6.20 Å². The topological polar surface area (TPSA) is 79.4 Å². The van der Waals surface area contributed by atoms with Crippen LogP contribution in [-0.2, 0) is 9.47 Å². The van der Waals surface area contributed by atoms with Gasteiger partial charge in [-0.1, -0.05) is 0 Å². The molecular formula is C9H13N3O3.